The van der Waals surface area contributed by atoms with Crippen molar-refractivity contribution in [1.29, 1.82) is 0 Å². The summed E-state index contributed by atoms with van der Waals surface area (Å²) < 4.78 is 1.72. The first-order valence-corrected chi connectivity index (χ1v) is 12.7. The average Bonchev–Trinajstić information content (AvgIpc) is 3.35. The number of urea groups is 1. The molecule has 3 aromatic carbocycles. The van der Waals surface area contributed by atoms with Crippen LogP contribution in [0.1, 0.15) is 32.3 Å². The molecule has 4 aromatic rings. The molecule has 3 amide bonds. The Morgan fingerprint density at radius 3 is 2.24 bits per heavy atom. The zero-order chi connectivity index (χ0) is 26.0. The van der Waals surface area contributed by atoms with Gasteiger partial charge in [-0.3, -0.25) is 4.79 Å². The zero-order valence-electron chi connectivity index (χ0n) is 21.4. The first-order valence-electron chi connectivity index (χ1n) is 12.7. The second-order valence-corrected chi connectivity index (χ2v) is 8.79. The van der Waals surface area contributed by atoms with E-state index in [9.17, 15) is 9.59 Å². The van der Waals surface area contributed by atoms with Crippen LogP contribution in [0.25, 0.3) is 16.9 Å². The minimum Gasteiger partial charge on any atom is -0.315 e. The molecule has 0 saturated carbocycles. The van der Waals surface area contributed by atoms with Gasteiger partial charge in [-0.2, -0.15) is 5.10 Å². The molecule has 190 valence electrons. The van der Waals surface area contributed by atoms with Crippen molar-refractivity contribution < 1.29 is 9.59 Å². The molecule has 7 heteroatoms. The van der Waals surface area contributed by atoms with Gasteiger partial charge in [0.15, 0.2) is 0 Å². The van der Waals surface area contributed by atoms with Crippen LogP contribution in [0, 0.1) is 0 Å². The smallest absolute Gasteiger partial charge is 0.315 e. The van der Waals surface area contributed by atoms with Crippen LogP contribution in [0.3, 0.4) is 0 Å². The van der Waals surface area contributed by atoms with Crippen LogP contribution in [0.15, 0.2) is 91.0 Å². The van der Waals surface area contributed by atoms with Gasteiger partial charge in [0.2, 0.25) is 5.91 Å². The fraction of sp³-hybridized carbons (Fsp3) is 0.233. The fourth-order valence-electron chi connectivity index (χ4n) is 4.09. The molecule has 1 heterocycles. The van der Waals surface area contributed by atoms with Gasteiger partial charge in [0, 0.05) is 23.9 Å². The second kappa shape index (κ2) is 12.5. The number of benzene rings is 3. The van der Waals surface area contributed by atoms with Crippen LogP contribution >= 0.6 is 0 Å². The van der Waals surface area contributed by atoms with Crippen LogP contribution in [-0.4, -0.2) is 39.7 Å². The first-order chi connectivity index (χ1) is 18.1. The number of aryl methyl sites for hydroxylation is 1. The standard InChI is InChI=1S/C30H33N5O2/c1-3-5-20-34(30(37)31-26-19-13-12-14-23(26)4-2)22-29(36)32-28-21-27(24-15-8-6-9-16-24)33-35(28)25-17-10-7-11-18-25/h6-19,21H,3-5,20,22H2,1-2H3,(H,31,37)(H,32,36). The van der Waals surface area contributed by atoms with E-state index in [0.717, 1.165) is 47.5 Å². The first kappa shape index (κ1) is 25.7. The van der Waals surface area contributed by atoms with Crippen molar-refractivity contribution in [3.63, 3.8) is 0 Å². The lowest BCUT2D eigenvalue weighted by Crippen LogP contribution is -2.41. The van der Waals surface area contributed by atoms with Crippen molar-refractivity contribution in [2.75, 3.05) is 23.7 Å². The number of unbranched alkanes of at least 4 members (excludes halogenated alkanes) is 1. The summed E-state index contributed by atoms with van der Waals surface area (Å²) in [5, 5.41) is 10.7. The molecular formula is C30H33N5O2. The molecular weight excluding hydrogens is 462 g/mol. The van der Waals surface area contributed by atoms with Gasteiger partial charge in [0.05, 0.1) is 11.4 Å². The summed E-state index contributed by atoms with van der Waals surface area (Å²) in [5.74, 6) is 0.258. The Labute approximate surface area is 218 Å². The Morgan fingerprint density at radius 2 is 1.54 bits per heavy atom. The van der Waals surface area contributed by atoms with Crippen molar-refractivity contribution in [3.05, 3.63) is 96.6 Å². The number of amides is 3. The molecule has 0 spiro atoms. The number of aromatic nitrogens is 2. The van der Waals surface area contributed by atoms with Crippen molar-refractivity contribution in [3.8, 4) is 16.9 Å². The van der Waals surface area contributed by atoms with Crippen molar-refractivity contribution in [2.24, 2.45) is 0 Å². The number of anilines is 2. The van der Waals surface area contributed by atoms with Gasteiger partial charge in [-0.15, -0.1) is 0 Å². The summed E-state index contributed by atoms with van der Waals surface area (Å²) in [6, 6.07) is 28.8. The largest absolute Gasteiger partial charge is 0.322 e. The van der Waals surface area contributed by atoms with Crippen molar-refractivity contribution >= 4 is 23.4 Å². The molecule has 37 heavy (non-hydrogen) atoms. The summed E-state index contributed by atoms with van der Waals surface area (Å²) in [5.41, 5.74) is 4.35. The predicted octanol–water partition coefficient (Wildman–Crippen LogP) is 6.37. The van der Waals surface area contributed by atoms with E-state index in [0.29, 0.717) is 12.4 Å². The molecule has 2 N–H and O–H groups in total. The molecule has 0 radical (unpaired) electrons. The Morgan fingerprint density at radius 1 is 0.865 bits per heavy atom. The third-order valence-electron chi connectivity index (χ3n) is 6.09. The number of rotatable bonds is 10. The highest BCUT2D eigenvalue weighted by atomic mass is 16.2. The summed E-state index contributed by atoms with van der Waals surface area (Å²) in [4.78, 5) is 28.0. The van der Waals surface area contributed by atoms with Crippen LogP contribution in [0.5, 0.6) is 0 Å². The minimum atomic E-state index is -0.286. The molecule has 0 aliphatic carbocycles. The Hall–Kier alpha value is -4.39. The Bertz CT molecular complexity index is 1320. The number of nitrogens with one attached hydrogen (secondary N) is 2. The number of hydrogen-bond donors (Lipinski definition) is 2. The van der Waals surface area contributed by atoms with Gasteiger partial charge in [-0.1, -0.05) is 87.0 Å². The number of para-hydroxylation sites is 2. The summed E-state index contributed by atoms with van der Waals surface area (Å²) in [6.45, 7) is 4.52. The number of nitrogens with zero attached hydrogens (tertiary/aromatic N) is 3. The maximum atomic E-state index is 13.2. The highest BCUT2D eigenvalue weighted by Crippen LogP contribution is 2.25. The topological polar surface area (TPSA) is 79.3 Å². The van der Waals surface area contributed by atoms with Gasteiger partial charge < -0.3 is 15.5 Å². The zero-order valence-corrected chi connectivity index (χ0v) is 21.4. The molecule has 7 nitrogen and oxygen atoms in total. The maximum Gasteiger partial charge on any atom is 0.322 e. The Kier molecular flexibility index (Phi) is 8.70. The maximum absolute atomic E-state index is 13.2. The molecule has 0 atom stereocenters. The average molecular weight is 496 g/mol. The molecule has 4 rings (SSSR count). The molecule has 0 bridgehead atoms. The third-order valence-corrected chi connectivity index (χ3v) is 6.09. The predicted molar refractivity (Wildman–Crippen MR) is 149 cm³/mol. The van der Waals surface area contributed by atoms with Gasteiger partial charge in [0.25, 0.3) is 0 Å². The van der Waals surface area contributed by atoms with Crippen molar-refractivity contribution in [2.45, 2.75) is 33.1 Å². The van der Waals surface area contributed by atoms with Crippen LogP contribution < -0.4 is 10.6 Å². The van der Waals surface area contributed by atoms with Gasteiger partial charge >= 0.3 is 6.03 Å². The van der Waals surface area contributed by atoms with Crippen LogP contribution in [-0.2, 0) is 11.2 Å². The lowest BCUT2D eigenvalue weighted by Gasteiger charge is -2.23. The van der Waals surface area contributed by atoms with Crippen LogP contribution in [0.4, 0.5) is 16.3 Å². The van der Waals surface area contributed by atoms with E-state index < -0.39 is 0 Å². The highest BCUT2D eigenvalue weighted by molar-refractivity contribution is 5.97. The molecule has 0 saturated heterocycles. The van der Waals surface area contributed by atoms with E-state index in [-0.39, 0.29) is 18.5 Å². The lowest BCUT2D eigenvalue weighted by molar-refractivity contribution is -0.116. The quantitative estimate of drug-likeness (QED) is 0.268. The second-order valence-electron chi connectivity index (χ2n) is 8.79. The minimum absolute atomic E-state index is 0.0687. The van der Waals surface area contributed by atoms with E-state index in [1.165, 1.54) is 0 Å². The SMILES string of the molecule is CCCCN(CC(=O)Nc1cc(-c2ccccc2)nn1-c1ccccc1)C(=O)Nc1ccccc1CC. The van der Waals surface area contributed by atoms with E-state index >= 15 is 0 Å². The van der Waals surface area contributed by atoms with Gasteiger partial charge in [-0.25, -0.2) is 9.48 Å². The molecule has 0 aliphatic rings. The third kappa shape index (κ3) is 6.64. The monoisotopic (exact) mass is 495 g/mol. The molecule has 0 fully saturated rings. The highest BCUT2D eigenvalue weighted by Gasteiger charge is 2.20. The lowest BCUT2D eigenvalue weighted by atomic mass is 10.1. The van der Waals surface area contributed by atoms with Crippen molar-refractivity contribution in [1.82, 2.24) is 14.7 Å². The van der Waals surface area contributed by atoms with Gasteiger partial charge in [-0.05, 0) is 36.6 Å². The Balaban J connectivity index is 1.54. The van der Waals surface area contributed by atoms with E-state index in [4.69, 9.17) is 5.10 Å². The van der Waals surface area contributed by atoms with E-state index in [1.54, 1.807) is 9.58 Å². The molecule has 0 unspecified atom stereocenters. The normalized spacial score (nSPS) is 10.6. The summed E-state index contributed by atoms with van der Waals surface area (Å²) in [7, 11) is 0. The molecule has 0 aliphatic heterocycles. The van der Waals surface area contributed by atoms with Crippen LogP contribution in [0.2, 0.25) is 0 Å². The molecule has 1 aromatic heterocycles. The number of hydrogen-bond acceptors (Lipinski definition) is 3. The fourth-order valence-corrected chi connectivity index (χ4v) is 4.09. The van der Waals surface area contributed by atoms with E-state index in [2.05, 4.69) is 17.6 Å². The van der Waals surface area contributed by atoms with Gasteiger partial charge in [0.1, 0.15) is 12.4 Å². The number of carbonyl (C=O) groups excluding carboxylic acids is 2. The number of carbonyl (C=O) groups is 2. The summed E-state index contributed by atoms with van der Waals surface area (Å²) in [6.07, 6.45) is 2.52. The summed E-state index contributed by atoms with van der Waals surface area (Å²) >= 11 is 0. The van der Waals surface area contributed by atoms with E-state index in [1.807, 2.05) is 97.9 Å².